The van der Waals surface area contributed by atoms with Crippen LogP contribution >= 0.6 is 34.8 Å². The predicted molar refractivity (Wildman–Crippen MR) is 163 cm³/mol. The molecule has 50 heavy (non-hydrogen) atoms. The molecule has 282 valence electrons. The third kappa shape index (κ3) is 9.25. The van der Waals surface area contributed by atoms with E-state index < -0.39 is 124 Å². The van der Waals surface area contributed by atoms with Crippen LogP contribution in [-0.2, 0) is 71.5 Å². The van der Waals surface area contributed by atoms with Crippen LogP contribution in [0.25, 0.3) is 0 Å². The number of esters is 4. The smallest absolute Gasteiger partial charge is 0.303 e. The number of carbonyl (C=O) groups excluding carboxylic acids is 7. The number of aliphatic hydroxyl groups excluding tert-OH is 1. The first-order valence-corrected chi connectivity index (χ1v) is 15.6. The number of alkyl halides is 3. The fourth-order valence-corrected chi connectivity index (χ4v) is 5.31. The van der Waals surface area contributed by atoms with Crippen molar-refractivity contribution in [1.29, 1.82) is 5.41 Å². The van der Waals surface area contributed by atoms with Crippen LogP contribution in [0.5, 0.6) is 0 Å². The number of Topliss-reactive ketones (excluding diaryl/α,β-unsaturated/α-hetero) is 3. The molecule has 22 heteroatoms. The zero-order valence-corrected chi connectivity index (χ0v) is 29.8. The van der Waals surface area contributed by atoms with E-state index in [4.69, 9.17) is 78.1 Å². The molecule has 1 unspecified atom stereocenters. The van der Waals surface area contributed by atoms with Crippen LogP contribution in [0, 0.1) is 5.41 Å². The molecule has 0 amide bonds. The van der Waals surface area contributed by atoms with Gasteiger partial charge in [0.1, 0.15) is 24.9 Å². The first kappa shape index (κ1) is 43.2. The highest BCUT2D eigenvalue weighted by molar-refractivity contribution is 6.76. The van der Waals surface area contributed by atoms with E-state index in [1.54, 1.807) is 0 Å². The molecule has 0 aromatic carbocycles. The van der Waals surface area contributed by atoms with Crippen molar-refractivity contribution < 1.29 is 86.8 Å². The summed E-state index contributed by atoms with van der Waals surface area (Å²) in [6.07, 6.45) is -19.1. The Hall–Kier alpha value is -3.01. The average molecular weight is 781 g/mol. The van der Waals surface area contributed by atoms with Gasteiger partial charge in [0.25, 0.3) is 3.79 Å². The maximum Gasteiger partial charge on any atom is 0.303 e. The summed E-state index contributed by atoms with van der Waals surface area (Å²) in [6, 6.07) is 0. The van der Waals surface area contributed by atoms with Crippen LogP contribution in [0.4, 0.5) is 0 Å². The van der Waals surface area contributed by atoms with Crippen molar-refractivity contribution in [2.75, 3.05) is 6.61 Å². The van der Waals surface area contributed by atoms with E-state index in [0.717, 1.165) is 34.6 Å². The van der Waals surface area contributed by atoms with Gasteiger partial charge >= 0.3 is 23.9 Å². The maximum atomic E-state index is 13.4. The highest BCUT2D eigenvalue weighted by Crippen LogP contribution is 2.45. The Morgan fingerprint density at radius 3 is 1.66 bits per heavy atom. The Balaban J connectivity index is 2.91. The Labute approximate surface area is 299 Å². The third-order valence-corrected chi connectivity index (χ3v) is 7.87. The van der Waals surface area contributed by atoms with E-state index in [1.165, 1.54) is 0 Å². The summed E-state index contributed by atoms with van der Waals surface area (Å²) in [4.78, 5) is 88.2. The second-order valence-electron chi connectivity index (χ2n) is 11.2. The molecule has 0 saturated carbocycles. The summed E-state index contributed by atoms with van der Waals surface area (Å²) in [7, 11) is 0. The molecule has 0 radical (unpaired) electrons. The number of nitrogens with one attached hydrogen (secondary N) is 1. The number of halogens is 3. The maximum absolute atomic E-state index is 13.4. The Bertz CT molecular complexity index is 1390. The molecule has 19 nitrogen and oxygen atoms in total. The normalized spacial score (nSPS) is 33.2. The zero-order valence-electron chi connectivity index (χ0n) is 27.5. The van der Waals surface area contributed by atoms with E-state index >= 15 is 0 Å². The summed E-state index contributed by atoms with van der Waals surface area (Å²) in [5, 5.41) is 42.1. The topological polar surface area (TPSA) is 278 Å². The fraction of sp³-hybridized carbons (Fsp3) is 0.714. The molecular formula is C28H36Cl3NO18. The predicted octanol–water partition coefficient (Wildman–Crippen LogP) is -0.866. The summed E-state index contributed by atoms with van der Waals surface area (Å²) >= 11 is 17.0. The lowest BCUT2D eigenvalue weighted by molar-refractivity contribution is -0.373. The molecule has 2 aliphatic rings. The number of rotatable bonds is 12. The van der Waals surface area contributed by atoms with Gasteiger partial charge in [-0.2, -0.15) is 0 Å². The molecule has 2 heterocycles. The highest BCUT2D eigenvalue weighted by Gasteiger charge is 2.74. The highest BCUT2D eigenvalue weighted by atomic mass is 35.6. The van der Waals surface area contributed by atoms with Gasteiger partial charge in [-0.05, 0) is 20.8 Å². The van der Waals surface area contributed by atoms with Crippen molar-refractivity contribution >= 4 is 81.9 Å². The van der Waals surface area contributed by atoms with Gasteiger partial charge in [0.05, 0.1) is 0 Å². The van der Waals surface area contributed by atoms with Crippen molar-refractivity contribution in [1.82, 2.24) is 0 Å². The Kier molecular flexibility index (Phi) is 14.3. The van der Waals surface area contributed by atoms with Crippen molar-refractivity contribution in [2.45, 2.75) is 119 Å². The third-order valence-electron chi connectivity index (χ3n) is 7.36. The van der Waals surface area contributed by atoms with Crippen molar-refractivity contribution in [2.24, 2.45) is 0 Å². The van der Waals surface area contributed by atoms with Gasteiger partial charge in [-0.3, -0.25) is 39.0 Å². The van der Waals surface area contributed by atoms with Crippen LogP contribution in [-0.4, -0.2) is 139 Å². The van der Waals surface area contributed by atoms with Gasteiger partial charge in [-0.25, -0.2) is 0 Å². The van der Waals surface area contributed by atoms with Crippen LogP contribution in [0.1, 0.15) is 48.5 Å². The van der Waals surface area contributed by atoms with Crippen LogP contribution < -0.4 is 0 Å². The first-order valence-electron chi connectivity index (χ1n) is 14.4. The minimum Gasteiger partial charge on any atom is -0.463 e. The molecule has 11 atom stereocenters. The lowest BCUT2D eigenvalue weighted by atomic mass is 9.68. The van der Waals surface area contributed by atoms with Crippen molar-refractivity contribution in [3.05, 3.63) is 0 Å². The van der Waals surface area contributed by atoms with E-state index in [0.29, 0.717) is 13.8 Å². The van der Waals surface area contributed by atoms with Gasteiger partial charge in [0.2, 0.25) is 17.8 Å². The summed E-state index contributed by atoms with van der Waals surface area (Å²) in [5.41, 5.74) is -7.26. The fourth-order valence-electron chi connectivity index (χ4n) is 5.18. The van der Waals surface area contributed by atoms with E-state index in [-0.39, 0.29) is 0 Å². The molecule has 0 aromatic heterocycles. The van der Waals surface area contributed by atoms with E-state index in [2.05, 4.69) is 0 Å². The molecule has 2 saturated heterocycles. The number of carbonyl (C=O) groups is 7. The SMILES string of the molecule is CC(=O)OC[C@H]1O[C@@H](O[C@@H]2[C@@H](C(=O)C(C)O)O[C@@H](OC(=N)C(Cl)(Cl)Cl)[C@@](O)(C(C)=O)[C@]2(O)C(C)=O)[C@H](OC(C)=O)[C@@H](OC(C)=O)[C@H]1OC(C)=O. The average Bonchev–Trinajstić information content (AvgIpc) is 2.96. The molecule has 2 fully saturated rings. The van der Waals surface area contributed by atoms with Gasteiger partial charge in [-0.15, -0.1) is 0 Å². The lowest BCUT2D eigenvalue weighted by Crippen LogP contribution is -2.81. The molecule has 2 rings (SSSR count). The Morgan fingerprint density at radius 1 is 0.760 bits per heavy atom. The summed E-state index contributed by atoms with van der Waals surface area (Å²) < 4.78 is 40.4. The number of ketones is 3. The van der Waals surface area contributed by atoms with Crippen LogP contribution in [0.15, 0.2) is 0 Å². The van der Waals surface area contributed by atoms with Gasteiger partial charge < -0.3 is 53.2 Å². The number of hydrogen-bond donors (Lipinski definition) is 4. The second kappa shape index (κ2) is 16.6. The van der Waals surface area contributed by atoms with Crippen LogP contribution in [0.3, 0.4) is 0 Å². The number of aliphatic hydroxyl groups is 3. The van der Waals surface area contributed by atoms with Gasteiger partial charge in [-0.1, -0.05) is 34.8 Å². The second-order valence-corrected chi connectivity index (χ2v) is 13.5. The minimum atomic E-state index is -3.65. The van der Waals surface area contributed by atoms with Crippen molar-refractivity contribution in [3.8, 4) is 0 Å². The Morgan fingerprint density at radius 2 is 1.24 bits per heavy atom. The van der Waals surface area contributed by atoms with Gasteiger partial charge in [0, 0.05) is 27.7 Å². The van der Waals surface area contributed by atoms with E-state index in [9.17, 15) is 48.9 Å². The first-order chi connectivity index (χ1) is 22.8. The summed E-state index contributed by atoms with van der Waals surface area (Å²) in [6.45, 7) is 5.24. The van der Waals surface area contributed by atoms with Gasteiger partial charge in [0.15, 0.2) is 53.7 Å². The molecule has 2 aliphatic heterocycles. The molecule has 0 bridgehead atoms. The summed E-state index contributed by atoms with van der Waals surface area (Å²) in [5.74, 6) is -9.69. The van der Waals surface area contributed by atoms with Crippen molar-refractivity contribution in [3.63, 3.8) is 0 Å². The standard InChI is InChI=1S/C28H36Cl3NO18/c1-9(33)17(40)19-22(26(41,10(2)34)27(42,11(3)35)25(48-19)50-24(32)28(29,30)31)49-23-21(46-15(7)39)20(45-14(6)38)18(44-13(5)37)16(47-23)8-43-12(4)36/h9,16,18-23,25,32-33,41-42H,8H2,1-7H3/t9?,16-,18+,19-,20+,21-,22-,23+,25+,26+,27+/m1/s1. The van der Waals surface area contributed by atoms with E-state index in [1.807, 2.05) is 0 Å². The lowest BCUT2D eigenvalue weighted by Gasteiger charge is -2.54. The minimum absolute atomic E-state index is 0.643. The number of ether oxygens (including phenoxy) is 8. The molecule has 0 aromatic rings. The molecule has 4 N–H and O–H groups in total. The molecule has 0 spiro atoms. The van der Waals surface area contributed by atoms with Crippen LogP contribution in [0.2, 0.25) is 0 Å². The number of hydrogen-bond acceptors (Lipinski definition) is 19. The monoisotopic (exact) mass is 779 g/mol. The largest absolute Gasteiger partial charge is 0.463 e. The molecular weight excluding hydrogens is 745 g/mol. The zero-order chi connectivity index (χ0) is 38.7. The molecule has 0 aliphatic carbocycles. The quantitative estimate of drug-likeness (QED) is 0.0616.